The lowest BCUT2D eigenvalue weighted by atomic mass is 10.2. The van der Waals surface area contributed by atoms with Crippen LogP contribution in [-0.2, 0) is 27.5 Å². The summed E-state index contributed by atoms with van der Waals surface area (Å²) in [4.78, 5) is 11.9. The number of rotatable bonds is 8. The van der Waals surface area contributed by atoms with Crippen molar-refractivity contribution in [2.45, 2.75) is 24.5 Å². The highest BCUT2D eigenvalue weighted by atomic mass is 32.2. The summed E-state index contributed by atoms with van der Waals surface area (Å²) in [6.45, 7) is 0.795. The van der Waals surface area contributed by atoms with E-state index in [2.05, 4.69) is 5.32 Å². The van der Waals surface area contributed by atoms with Gasteiger partial charge in [0.25, 0.3) is 0 Å². The Bertz CT molecular complexity index is 1260. The maximum absolute atomic E-state index is 13.6. The van der Waals surface area contributed by atoms with Gasteiger partial charge in [-0.25, -0.2) is 8.42 Å². The molecule has 1 amide bonds. The molecule has 3 rings (SSSR count). The van der Waals surface area contributed by atoms with E-state index in [1.807, 2.05) is 0 Å². The van der Waals surface area contributed by atoms with Crippen LogP contribution in [0.3, 0.4) is 0 Å². The second-order valence-corrected chi connectivity index (χ2v) is 9.41. The third-order valence-electron chi connectivity index (χ3n) is 4.96. The number of anilines is 1. The fourth-order valence-corrected chi connectivity index (χ4v) is 4.94. The maximum Gasteiger partial charge on any atom is 0.417 e. The number of ether oxygens (including phenoxy) is 1. The van der Waals surface area contributed by atoms with E-state index >= 15 is 0 Å². The van der Waals surface area contributed by atoms with Gasteiger partial charge in [-0.05, 0) is 42.3 Å². The van der Waals surface area contributed by atoms with Crippen LogP contribution >= 0.6 is 0 Å². The first kappa shape index (κ1) is 25.3. The molecule has 0 saturated carbocycles. The molecule has 6 nitrogen and oxygen atoms in total. The fraction of sp³-hybridized carbons (Fsp3) is 0.208. The molecule has 0 atom stereocenters. The van der Waals surface area contributed by atoms with Crippen LogP contribution in [0.5, 0.6) is 5.75 Å². The van der Waals surface area contributed by atoms with Gasteiger partial charge in [-0.15, -0.1) is 0 Å². The molecule has 10 heteroatoms. The van der Waals surface area contributed by atoms with Crippen molar-refractivity contribution >= 4 is 21.6 Å². The molecule has 0 heterocycles. The van der Waals surface area contributed by atoms with Gasteiger partial charge < -0.3 is 10.1 Å². The molecule has 0 unspecified atom stereocenters. The van der Waals surface area contributed by atoms with Crippen LogP contribution in [0.15, 0.2) is 77.7 Å². The van der Waals surface area contributed by atoms with E-state index < -0.39 is 39.1 Å². The van der Waals surface area contributed by atoms with Crippen LogP contribution in [-0.4, -0.2) is 32.3 Å². The first-order valence-electron chi connectivity index (χ1n) is 10.2. The SMILES string of the molecule is COc1ccc(C)cc1NC(=O)CN(Cc1ccccc1)S(=O)(=O)c1ccccc1C(F)(F)F. The summed E-state index contributed by atoms with van der Waals surface area (Å²) in [6, 6.07) is 17.3. The number of carbonyl (C=O) groups is 1. The highest BCUT2D eigenvalue weighted by Crippen LogP contribution is 2.35. The van der Waals surface area contributed by atoms with Gasteiger partial charge in [-0.2, -0.15) is 17.5 Å². The molecule has 1 N–H and O–H groups in total. The summed E-state index contributed by atoms with van der Waals surface area (Å²) >= 11 is 0. The molecular formula is C24H23F3N2O4S. The zero-order chi connectivity index (χ0) is 24.9. The maximum atomic E-state index is 13.6. The first-order valence-corrected chi connectivity index (χ1v) is 11.6. The van der Waals surface area contributed by atoms with Gasteiger partial charge in [-0.1, -0.05) is 48.5 Å². The zero-order valence-electron chi connectivity index (χ0n) is 18.5. The number of hydrogen-bond donors (Lipinski definition) is 1. The Labute approximate surface area is 196 Å². The first-order chi connectivity index (χ1) is 16.0. The quantitative estimate of drug-likeness (QED) is 0.488. The van der Waals surface area contributed by atoms with E-state index in [9.17, 15) is 26.4 Å². The van der Waals surface area contributed by atoms with E-state index in [1.165, 1.54) is 13.2 Å². The molecule has 0 aliphatic heterocycles. The molecule has 0 bridgehead atoms. The van der Waals surface area contributed by atoms with Crippen LogP contribution in [0.1, 0.15) is 16.7 Å². The average Bonchev–Trinajstić information content (AvgIpc) is 2.79. The molecule has 0 aromatic heterocycles. The fourth-order valence-electron chi connectivity index (χ4n) is 3.35. The second kappa shape index (κ2) is 10.3. The smallest absolute Gasteiger partial charge is 0.417 e. The Hall–Kier alpha value is -3.37. The van der Waals surface area contributed by atoms with Crippen LogP contribution in [0.2, 0.25) is 0 Å². The molecule has 0 fully saturated rings. The molecule has 3 aromatic carbocycles. The van der Waals surface area contributed by atoms with Crippen molar-refractivity contribution < 1.29 is 31.1 Å². The molecule has 34 heavy (non-hydrogen) atoms. The van der Waals surface area contributed by atoms with Crippen molar-refractivity contribution in [3.63, 3.8) is 0 Å². The van der Waals surface area contributed by atoms with Crippen molar-refractivity contribution in [3.8, 4) is 5.75 Å². The summed E-state index contributed by atoms with van der Waals surface area (Å²) in [5.41, 5.74) is 0.356. The van der Waals surface area contributed by atoms with E-state index in [1.54, 1.807) is 55.5 Å². The van der Waals surface area contributed by atoms with Gasteiger partial charge in [0, 0.05) is 6.54 Å². The number of sulfonamides is 1. The number of aryl methyl sites for hydroxylation is 1. The van der Waals surface area contributed by atoms with E-state index in [0.29, 0.717) is 23.1 Å². The van der Waals surface area contributed by atoms with Gasteiger partial charge in [0.2, 0.25) is 15.9 Å². The zero-order valence-corrected chi connectivity index (χ0v) is 19.3. The highest BCUT2D eigenvalue weighted by Gasteiger charge is 2.39. The number of benzene rings is 3. The lowest BCUT2D eigenvalue weighted by molar-refractivity contribution is -0.139. The van der Waals surface area contributed by atoms with Gasteiger partial charge in [-0.3, -0.25) is 4.79 Å². The van der Waals surface area contributed by atoms with Crippen molar-refractivity contribution in [1.82, 2.24) is 4.31 Å². The molecular weight excluding hydrogens is 469 g/mol. The topological polar surface area (TPSA) is 75.7 Å². The van der Waals surface area contributed by atoms with E-state index in [0.717, 1.165) is 22.0 Å². The Morgan fingerprint density at radius 3 is 2.29 bits per heavy atom. The largest absolute Gasteiger partial charge is 0.495 e. The molecule has 0 spiro atoms. The molecule has 0 radical (unpaired) electrons. The van der Waals surface area contributed by atoms with Crippen LogP contribution in [0.4, 0.5) is 18.9 Å². The standard InChI is InChI=1S/C24H23F3N2O4S/c1-17-12-13-21(33-2)20(14-17)28-23(30)16-29(15-18-8-4-3-5-9-18)34(31,32)22-11-7-6-10-19(22)24(25,26)27/h3-14H,15-16H2,1-2H3,(H,28,30). The van der Waals surface area contributed by atoms with Crippen molar-refractivity contribution in [2.75, 3.05) is 19.0 Å². The van der Waals surface area contributed by atoms with Crippen molar-refractivity contribution in [2.24, 2.45) is 0 Å². The van der Waals surface area contributed by atoms with Crippen LogP contribution in [0, 0.1) is 6.92 Å². The number of amides is 1. The van der Waals surface area contributed by atoms with Gasteiger partial charge >= 0.3 is 6.18 Å². The Morgan fingerprint density at radius 2 is 1.65 bits per heavy atom. The minimum Gasteiger partial charge on any atom is -0.495 e. The monoisotopic (exact) mass is 492 g/mol. The molecule has 3 aromatic rings. The second-order valence-electron chi connectivity index (χ2n) is 7.50. The van der Waals surface area contributed by atoms with Gasteiger partial charge in [0.1, 0.15) is 5.75 Å². The minimum atomic E-state index is -4.89. The van der Waals surface area contributed by atoms with Crippen LogP contribution < -0.4 is 10.1 Å². The summed E-state index contributed by atoms with van der Waals surface area (Å²) in [7, 11) is -3.29. The Morgan fingerprint density at radius 1 is 1.00 bits per heavy atom. The van der Waals surface area contributed by atoms with Crippen LogP contribution in [0.25, 0.3) is 0 Å². The Balaban J connectivity index is 1.98. The molecule has 0 aliphatic carbocycles. The summed E-state index contributed by atoms with van der Waals surface area (Å²) in [6.07, 6.45) is -4.89. The highest BCUT2D eigenvalue weighted by molar-refractivity contribution is 7.89. The molecule has 0 saturated heterocycles. The number of hydrogen-bond acceptors (Lipinski definition) is 4. The normalized spacial score (nSPS) is 11.9. The third kappa shape index (κ3) is 5.95. The molecule has 0 aliphatic rings. The van der Waals surface area contributed by atoms with Crippen molar-refractivity contribution in [1.29, 1.82) is 0 Å². The van der Waals surface area contributed by atoms with E-state index in [4.69, 9.17) is 4.74 Å². The summed E-state index contributed by atoms with van der Waals surface area (Å²) < 4.78 is 73.4. The number of carbonyl (C=O) groups excluding carboxylic acids is 1. The number of nitrogens with zero attached hydrogens (tertiary/aromatic N) is 1. The lowest BCUT2D eigenvalue weighted by Gasteiger charge is -2.24. The number of nitrogens with one attached hydrogen (secondary N) is 1. The lowest BCUT2D eigenvalue weighted by Crippen LogP contribution is -2.38. The molecule has 180 valence electrons. The van der Waals surface area contributed by atoms with E-state index in [-0.39, 0.29) is 6.54 Å². The average molecular weight is 493 g/mol. The van der Waals surface area contributed by atoms with Gasteiger partial charge in [0.05, 0.1) is 29.8 Å². The Kier molecular flexibility index (Phi) is 7.63. The minimum absolute atomic E-state index is 0.298. The number of alkyl halides is 3. The van der Waals surface area contributed by atoms with Crippen molar-refractivity contribution in [3.05, 3.63) is 89.5 Å². The number of halogens is 3. The summed E-state index contributed by atoms with van der Waals surface area (Å²) in [5.74, 6) is -0.369. The summed E-state index contributed by atoms with van der Waals surface area (Å²) in [5, 5.41) is 2.59. The third-order valence-corrected chi connectivity index (χ3v) is 6.81. The predicted octanol–water partition coefficient (Wildman–Crippen LogP) is 4.85. The predicted molar refractivity (Wildman–Crippen MR) is 122 cm³/mol. The van der Waals surface area contributed by atoms with Gasteiger partial charge in [0.15, 0.2) is 0 Å². The number of methoxy groups -OCH3 is 1.